The fourth-order valence-electron chi connectivity index (χ4n) is 4.29. The van der Waals surface area contributed by atoms with Crippen molar-refractivity contribution in [3.8, 4) is 0 Å². The molecular weight excluding hydrogens is 662 g/mol. The van der Waals surface area contributed by atoms with Crippen LogP contribution in [0.2, 0.25) is 0 Å². The lowest BCUT2D eigenvalue weighted by atomic mass is 9.50. The van der Waals surface area contributed by atoms with Gasteiger partial charge in [-0.05, 0) is 0 Å². The lowest BCUT2D eigenvalue weighted by Gasteiger charge is -2.60. The molecule has 0 radical (unpaired) electrons. The zero-order valence-electron chi connectivity index (χ0n) is 17.0. The summed E-state index contributed by atoms with van der Waals surface area (Å²) in [5.41, 5.74) is -19.0. The van der Waals surface area contributed by atoms with Gasteiger partial charge >= 0.3 is 60.7 Å². The Morgan fingerprint density at radius 3 is 0.500 bits per heavy atom. The van der Waals surface area contributed by atoms with Crippen LogP contribution >= 0.6 is 0 Å². The van der Waals surface area contributed by atoms with Gasteiger partial charge in [0.2, 0.25) is 0 Å². The van der Waals surface area contributed by atoms with Gasteiger partial charge in [-0.3, -0.25) is 0 Å². The summed E-state index contributed by atoms with van der Waals surface area (Å²) in [5, 5.41) is 0. The molecule has 2 unspecified atom stereocenters. The average Bonchev–Trinajstić information content (AvgIpc) is 2.55. The summed E-state index contributed by atoms with van der Waals surface area (Å²) in [6, 6.07) is 0. The quantitative estimate of drug-likeness (QED) is 0.259. The first-order valence-corrected chi connectivity index (χ1v) is 8.65. The molecule has 1 fully saturated rings. The van der Waals surface area contributed by atoms with Crippen LogP contribution in [0.3, 0.4) is 0 Å². The highest BCUT2D eigenvalue weighted by Crippen LogP contribution is 2.80. The summed E-state index contributed by atoms with van der Waals surface area (Å²) in [6.07, 6.45) is -55.0. The van der Waals surface area contributed by atoms with Crippen LogP contribution in [0.4, 0.5) is 114 Å². The maximum atomic E-state index is 14.4. The van der Waals surface area contributed by atoms with Crippen LogP contribution in [-0.2, 0) is 0 Å². The molecule has 0 aromatic carbocycles. The molecule has 0 aromatic rings. The molecule has 1 aliphatic rings. The first-order valence-electron chi connectivity index (χ1n) is 8.65. The van der Waals surface area contributed by atoms with Gasteiger partial charge in [-0.1, -0.05) is 0 Å². The third-order valence-corrected chi connectivity index (χ3v) is 5.96. The molecule has 0 N–H and O–H groups in total. The van der Waals surface area contributed by atoms with Crippen LogP contribution in [-0.4, -0.2) is 60.7 Å². The van der Waals surface area contributed by atoms with Gasteiger partial charge in [-0.25, -0.2) is 0 Å². The van der Waals surface area contributed by atoms with E-state index in [9.17, 15) is 114 Å². The molecule has 0 nitrogen and oxygen atoms in total. The molecule has 1 rings (SSSR count). The van der Waals surface area contributed by atoms with Gasteiger partial charge in [-0.2, -0.15) is 114 Å². The third kappa shape index (κ3) is 3.90. The van der Waals surface area contributed by atoms with Crippen molar-refractivity contribution in [1.29, 1.82) is 0 Å². The van der Waals surface area contributed by atoms with Crippen LogP contribution in [0.1, 0.15) is 0 Å². The fourth-order valence-corrected chi connectivity index (χ4v) is 4.29. The lowest BCUT2D eigenvalue weighted by Crippen LogP contribution is -2.85. The van der Waals surface area contributed by atoms with Crippen molar-refractivity contribution in [3.05, 3.63) is 0 Å². The van der Waals surface area contributed by atoms with Crippen molar-refractivity contribution >= 4 is 0 Å². The molecule has 1 aliphatic carbocycles. The molecule has 0 spiro atoms. The minimum Gasteiger partial charge on any atom is -0.199 e. The van der Waals surface area contributed by atoms with Gasteiger partial charge in [-0.15, -0.1) is 0 Å². The normalized spacial score (nSPS) is 26.6. The topological polar surface area (TPSA) is 0 Å². The summed E-state index contributed by atoms with van der Waals surface area (Å²) >= 11 is 0. The number of halogens is 26. The van der Waals surface area contributed by atoms with E-state index in [0.717, 1.165) is 0 Å². The summed E-state index contributed by atoms with van der Waals surface area (Å²) in [7, 11) is 0. The second-order valence-corrected chi connectivity index (χ2v) is 7.95. The van der Waals surface area contributed by atoms with E-state index in [1.54, 1.807) is 0 Å². The van der Waals surface area contributed by atoms with Crippen molar-refractivity contribution in [2.75, 3.05) is 0 Å². The lowest BCUT2D eigenvalue weighted by molar-refractivity contribution is -0.542. The number of rotatable bonds is 2. The van der Waals surface area contributed by atoms with Crippen LogP contribution in [0, 0.1) is 22.7 Å². The van der Waals surface area contributed by atoms with Crippen LogP contribution < -0.4 is 0 Å². The maximum absolute atomic E-state index is 14.4. The Morgan fingerprint density at radius 2 is 0.400 bits per heavy atom. The van der Waals surface area contributed by atoms with Crippen molar-refractivity contribution in [2.45, 2.75) is 60.7 Å². The summed E-state index contributed by atoms with van der Waals surface area (Å²) in [6.45, 7) is 0. The van der Waals surface area contributed by atoms with Crippen LogP contribution in [0.25, 0.3) is 0 Å². The molecule has 0 bridgehead atoms. The molecule has 0 amide bonds. The third-order valence-electron chi connectivity index (χ3n) is 5.96. The van der Waals surface area contributed by atoms with E-state index in [1.807, 2.05) is 0 Å². The molecule has 2 atom stereocenters. The van der Waals surface area contributed by atoms with E-state index in [2.05, 4.69) is 0 Å². The van der Waals surface area contributed by atoms with E-state index >= 15 is 0 Å². The minimum atomic E-state index is -9.52. The zero-order valence-corrected chi connectivity index (χ0v) is 17.0. The van der Waals surface area contributed by atoms with Gasteiger partial charge < -0.3 is 0 Å². The number of alkyl halides is 26. The monoisotopic (exact) mass is 664 g/mol. The highest BCUT2D eigenvalue weighted by atomic mass is 19.5. The summed E-state index contributed by atoms with van der Waals surface area (Å²) in [4.78, 5) is 0. The standard InChI is InChI=1S/C14H2F26/c15-5(16)1(3(9(23,24)25,10(26,27)28)11(29,30)31)2(6(17,18)8(21,22)7(5,19)20)4(12(32,33)34,13(35,36)37)14(38,39)40/h1-2H. The Bertz CT molecular complexity index is 791. The minimum absolute atomic E-state index is 8.38. The smallest absolute Gasteiger partial charge is 0.199 e. The molecule has 1 saturated carbocycles. The average molecular weight is 664 g/mol. The van der Waals surface area contributed by atoms with Gasteiger partial charge in [0.1, 0.15) is 0 Å². The van der Waals surface area contributed by atoms with E-state index in [0.29, 0.717) is 0 Å². The molecule has 40 heavy (non-hydrogen) atoms. The van der Waals surface area contributed by atoms with Crippen molar-refractivity contribution in [3.63, 3.8) is 0 Å². The molecule has 240 valence electrons. The van der Waals surface area contributed by atoms with Crippen molar-refractivity contribution in [1.82, 2.24) is 0 Å². The molecule has 0 aliphatic heterocycles. The van der Waals surface area contributed by atoms with Crippen molar-refractivity contribution in [2.24, 2.45) is 22.7 Å². The molecule has 26 heteroatoms. The van der Waals surface area contributed by atoms with E-state index in [1.165, 1.54) is 0 Å². The van der Waals surface area contributed by atoms with Crippen LogP contribution in [0.5, 0.6) is 0 Å². The Labute approximate surface area is 199 Å². The fraction of sp³-hybridized carbons (Fsp3) is 1.00. The first kappa shape index (κ1) is 36.2. The number of hydrogen-bond acceptors (Lipinski definition) is 0. The maximum Gasteiger partial charge on any atom is 0.412 e. The SMILES string of the molecule is FC(F)(F)C(C1C(C(C(F)(F)F)(C(F)(F)F)C(F)(F)F)C(F)(F)C(F)(F)C(F)(F)C1(F)F)(C(F)(F)F)C(F)(F)F. The number of hydrogen-bond donors (Lipinski definition) is 0. The van der Waals surface area contributed by atoms with E-state index in [4.69, 9.17) is 0 Å². The van der Waals surface area contributed by atoms with Gasteiger partial charge in [0, 0.05) is 0 Å². The Kier molecular flexibility index (Phi) is 7.59. The van der Waals surface area contributed by atoms with Gasteiger partial charge in [0.25, 0.3) is 10.8 Å². The highest BCUT2D eigenvalue weighted by Gasteiger charge is 3.04. The summed E-state index contributed by atoms with van der Waals surface area (Å²) < 4.78 is 353. The molecular formula is C14H2F26. The van der Waals surface area contributed by atoms with E-state index in [-0.39, 0.29) is 0 Å². The molecule has 0 saturated heterocycles. The first-order chi connectivity index (χ1) is 16.7. The second kappa shape index (κ2) is 8.39. The predicted octanol–water partition coefficient (Wildman–Crippen LogP) is 9.12. The Balaban J connectivity index is 5.06. The Hall–Kier alpha value is -1.82. The predicted molar refractivity (Wildman–Crippen MR) is 68.0 cm³/mol. The zero-order chi connectivity index (χ0) is 33.2. The van der Waals surface area contributed by atoms with Crippen LogP contribution in [0.15, 0.2) is 0 Å². The molecule has 0 aromatic heterocycles. The Morgan fingerprint density at radius 1 is 0.275 bits per heavy atom. The van der Waals surface area contributed by atoms with Crippen molar-refractivity contribution < 1.29 is 114 Å². The summed E-state index contributed by atoms with van der Waals surface area (Å²) in [5.74, 6) is -52.9. The van der Waals surface area contributed by atoms with E-state index < -0.39 is 83.4 Å². The largest absolute Gasteiger partial charge is 0.412 e. The second-order valence-electron chi connectivity index (χ2n) is 7.95. The van der Waals surface area contributed by atoms with Gasteiger partial charge in [0.15, 0.2) is 0 Å². The highest BCUT2D eigenvalue weighted by molar-refractivity contribution is 5.27. The molecule has 0 heterocycles. The van der Waals surface area contributed by atoms with Gasteiger partial charge in [0.05, 0.1) is 11.8 Å².